The minimum absolute atomic E-state index is 0.00185. The quantitative estimate of drug-likeness (QED) is 0.705. The Morgan fingerprint density at radius 1 is 1.62 bits per heavy atom. The number of aromatic nitrogens is 2. The normalized spacial score (nSPS) is 22.3. The number of nitrogens with zero attached hydrogens (tertiary/aromatic N) is 1. The summed E-state index contributed by atoms with van der Waals surface area (Å²) in [6.07, 6.45) is 7.06. The molecule has 1 atom stereocenters. The Morgan fingerprint density at radius 3 is 3.15 bits per heavy atom. The number of rotatable bonds is 3. The Balaban J connectivity index is 1.85. The molecule has 0 aromatic carbocycles. The predicted octanol–water partition coefficient (Wildman–Crippen LogP) is 0.318. The van der Waals surface area contributed by atoms with Crippen LogP contribution in [0, 0.1) is 0 Å². The molecule has 1 aromatic heterocycles. The van der Waals surface area contributed by atoms with Gasteiger partial charge in [-0.15, -0.1) is 0 Å². The van der Waals surface area contributed by atoms with Crippen LogP contribution in [-0.4, -0.2) is 22.1 Å². The van der Waals surface area contributed by atoms with E-state index >= 15 is 0 Å². The Kier molecular flexibility index (Phi) is 2.49. The van der Waals surface area contributed by atoms with Crippen LogP contribution in [0.15, 0.2) is 17.2 Å². The number of hydrogen-bond donors (Lipinski definition) is 2. The van der Waals surface area contributed by atoms with Gasteiger partial charge in [0.05, 0.1) is 0 Å². The molecule has 2 rings (SSSR count). The summed E-state index contributed by atoms with van der Waals surface area (Å²) in [5, 5.41) is 3.41. The van der Waals surface area contributed by atoms with Gasteiger partial charge in [0.25, 0.3) is 0 Å². The maximum absolute atomic E-state index is 11.1. The van der Waals surface area contributed by atoms with Crippen molar-refractivity contribution in [3.63, 3.8) is 0 Å². The van der Waals surface area contributed by atoms with Crippen molar-refractivity contribution < 1.29 is 0 Å². The lowest BCUT2D eigenvalue weighted by Crippen LogP contribution is -2.25. The van der Waals surface area contributed by atoms with E-state index in [9.17, 15) is 4.79 Å². The molecule has 0 saturated carbocycles. The van der Waals surface area contributed by atoms with Crippen molar-refractivity contribution in [2.24, 2.45) is 0 Å². The molecule has 2 heterocycles. The second-order valence-electron chi connectivity index (χ2n) is 3.54. The molecule has 1 aliphatic rings. The molecule has 2 N–H and O–H groups in total. The topological polar surface area (TPSA) is 49.8 Å². The van der Waals surface area contributed by atoms with Crippen molar-refractivity contribution >= 4 is 0 Å². The van der Waals surface area contributed by atoms with Gasteiger partial charge in [-0.3, -0.25) is 4.57 Å². The molecule has 1 aliphatic heterocycles. The van der Waals surface area contributed by atoms with Crippen LogP contribution in [-0.2, 0) is 6.54 Å². The van der Waals surface area contributed by atoms with E-state index in [4.69, 9.17) is 0 Å². The highest BCUT2D eigenvalue weighted by molar-refractivity contribution is 4.79. The van der Waals surface area contributed by atoms with Gasteiger partial charge in [-0.2, -0.15) is 0 Å². The SMILES string of the molecule is O=c1[nH]ccn1CCC1CCCN1. The molecule has 4 heteroatoms. The van der Waals surface area contributed by atoms with Crippen LogP contribution in [0.4, 0.5) is 0 Å². The highest BCUT2D eigenvalue weighted by Crippen LogP contribution is 2.08. The summed E-state index contributed by atoms with van der Waals surface area (Å²) in [5.74, 6) is 0. The molecule has 0 amide bonds. The van der Waals surface area contributed by atoms with Gasteiger partial charge < -0.3 is 10.3 Å². The molecule has 0 radical (unpaired) electrons. The number of imidazole rings is 1. The summed E-state index contributed by atoms with van der Waals surface area (Å²) in [6, 6.07) is 0.613. The largest absolute Gasteiger partial charge is 0.325 e. The van der Waals surface area contributed by atoms with Crippen molar-refractivity contribution in [3.8, 4) is 0 Å². The molecular weight excluding hydrogens is 166 g/mol. The summed E-state index contributed by atoms with van der Waals surface area (Å²) in [5.41, 5.74) is -0.00185. The zero-order valence-electron chi connectivity index (χ0n) is 7.62. The van der Waals surface area contributed by atoms with Crippen LogP contribution >= 0.6 is 0 Å². The lowest BCUT2D eigenvalue weighted by molar-refractivity contribution is 0.499. The minimum Gasteiger partial charge on any atom is -0.314 e. The van der Waals surface area contributed by atoms with Crippen molar-refractivity contribution in [1.82, 2.24) is 14.9 Å². The molecule has 1 aromatic rings. The van der Waals surface area contributed by atoms with Crippen molar-refractivity contribution in [3.05, 3.63) is 22.9 Å². The Hall–Kier alpha value is -1.03. The fourth-order valence-corrected chi connectivity index (χ4v) is 1.82. The molecule has 13 heavy (non-hydrogen) atoms. The van der Waals surface area contributed by atoms with E-state index in [1.165, 1.54) is 12.8 Å². The number of hydrogen-bond acceptors (Lipinski definition) is 2. The fourth-order valence-electron chi connectivity index (χ4n) is 1.82. The molecule has 1 unspecified atom stereocenters. The van der Waals surface area contributed by atoms with Gasteiger partial charge >= 0.3 is 5.69 Å². The van der Waals surface area contributed by atoms with Gasteiger partial charge in [0.2, 0.25) is 0 Å². The molecule has 0 bridgehead atoms. The molecule has 0 spiro atoms. The first-order chi connectivity index (χ1) is 6.36. The maximum Gasteiger partial charge on any atom is 0.325 e. The van der Waals surface area contributed by atoms with Gasteiger partial charge in [-0.25, -0.2) is 4.79 Å². The third-order valence-corrected chi connectivity index (χ3v) is 2.60. The first-order valence-corrected chi connectivity index (χ1v) is 4.83. The predicted molar refractivity (Wildman–Crippen MR) is 50.7 cm³/mol. The Morgan fingerprint density at radius 2 is 2.54 bits per heavy atom. The van der Waals surface area contributed by atoms with Crippen LogP contribution in [0.2, 0.25) is 0 Å². The lowest BCUT2D eigenvalue weighted by Gasteiger charge is -2.08. The van der Waals surface area contributed by atoms with Crippen molar-refractivity contribution in [2.45, 2.75) is 31.8 Å². The van der Waals surface area contributed by atoms with Crippen LogP contribution < -0.4 is 11.0 Å². The van der Waals surface area contributed by atoms with E-state index in [2.05, 4.69) is 10.3 Å². The standard InChI is InChI=1S/C9H15N3O/c13-9-11-5-7-12(9)6-3-8-2-1-4-10-8/h5,7-8,10H,1-4,6H2,(H,11,13). The van der Waals surface area contributed by atoms with E-state index in [-0.39, 0.29) is 5.69 Å². The van der Waals surface area contributed by atoms with Crippen molar-refractivity contribution in [2.75, 3.05) is 6.54 Å². The van der Waals surface area contributed by atoms with Crippen molar-refractivity contribution in [1.29, 1.82) is 0 Å². The molecular formula is C9H15N3O. The number of aryl methyl sites for hydroxylation is 1. The summed E-state index contributed by atoms with van der Waals surface area (Å²) in [4.78, 5) is 13.7. The van der Waals surface area contributed by atoms with E-state index in [1.54, 1.807) is 17.0 Å². The highest BCUT2D eigenvalue weighted by atomic mass is 16.1. The van der Waals surface area contributed by atoms with Crippen LogP contribution in [0.5, 0.6) is 0 Å². The summed E-state index contributed by atoms with van der Waals surface area (Å²) >= 11 is 0. The van der Waals surface area contributed by atoms with Crippen LogP contribution in [0.25, 0.3) is 0 Å². The smallest absolute Gasteiger partial charge is 0.314 e. The fraction of sp³-hybridized carbons (Fsp3) is 0.667. The number of nitrogens with one attached hydrogen (secondary N) is 2. The maximum atomic E-state index is 11.1. The molecule has 0 aliphatic carbocycles. The van der Waals surface area contributed by atoms with Gasteiger partial charge in [-0.1, -0.05) is 0 Å². The first-order valence-electron chi connectivity index (χ1n) is 4.83. The van der Waals surface area contributed by atoms with Gasteiger partial charge in [0, 0.05) is 25.0 Å². The number of H-pyrrole nitrogens is 1. The third-order valence-electron chi connectivity index (χ3n) is 2.60. The summed E-state index contributed by atoms with van der Waals surface area (Å²) < 4.78 is 1.72. The second kappa shape index (κ2) is 3.79. The summed E-state index contributed by atoms with van der Waals surface area (Å²) in [7, 11) is 0. The van der Waals surface area contributed by atoms with E-state index in [1.807, 2.05) is 0 Å². The lowest BCUT2D eigenvalue weighted by atomic mass is 10.1. The molecule has 1 fully saturated rings. The van der Waals surface area contributed by atoms with Crippen LogP contribution in [0.1, 0.15) is 19.3 Å². The van der Waals surface area contributed by atoms with E-state index < -0.39 is 0 Å². The Bertz CT molecular complexity index is 309. The highest BCUT2D eigenvalue weighted by Gasteiger charge is 2.13. The monoisotopic (exact) mass is 181 g/mol. The van der Waals surface area contributed by atoms with E-state index in [0.717, 1.165) is 19.5 Å². The first kappa shape index (κ1) is 8.56. The molecule has 72 valence electrons. The van der Waals surface area contributed by atoms with E-state index in [0.29, 0.717) is 6.04 Å². The Labute approximate surface area is 77.0 Å². The average Bonchev–Trinajstić information content (AvgIpc) is 2.72. The third kappa shape index (κ3) is 2.01. The van der Waals surface area contributed by atoms with Gasteiger partial charge in [0.1, 0.15) is 0 Å². The summed E-state index contributed by atoms with van der Waals surface area (Å²) in [6.45, 7) is 1.95. The van der Waals surface area contributed by atoms with Crippen LogP contribution in [0.3, 0.4) is 0 Å². The van der Waals surface area contributed by atoms with Gasteiger partial charge in [-0.05, 0) is 25.8 Å². The number of aromatic amines is 1. The zero-order chi connectivity index (χ0) is 9.10. The zero-order valence-corrected chi connectivity index (χ0v) is 7.62. The molecule has 1 saturated heterocycles. The van der Waals surface area contributed by atoms with Gasteiger partial charge in [0.15, 0.2) is 0 Å². The second-order valence-corrected chi connectivity index (χ2v) is 3.54. The minimum atomic E-state index is -0.00185. The average molecular weight is 181 g/mol. The molecule has 4 nitrogen and oxygen atoms in total.